The van der Waals surface area contributed by atoms with E-state index in [1.807, 2.05) is 21.6 Å². The van der Waals surface area contributed by atoms with Crippen LogP contribution in [0.25, 0.3) is 11.2 Å². The molecule has 1 saturated heterocycles. The number of nitrogens with two attached hydrogens (primary N) is 1. The highest BCUT2D eigenvalue weighted by Gasteiger charge is 2.50. The normalized spacial score (nSPS) is 22.5. The second-order valence-electron chi connectivity index (χ2n) is 9.91. The van der Waals surface area contributed by atoms with E-state index in [0.29, 0.717) is 24.5 Å². The first-order valence-electron chi connectivity index (χ1n) is 12.4. The number of aromatic amines is 1. The number of unbranched alkanes of at least 4 members (excludes halogenated alkanes) is 5. The zero-order valence-corrected chi connectivity index (χ0v) is 20.3. The average molecular weight is 444 g/mol. The van der Waals surface area contributed by atoms with Crippen LogP contribution in [0.3, 0.4) is 0 Å². The van der Waals surface area contributed by atoms with Gasteiger partial charge in [-0.2, -0.15) is 0 Å². The number of nitrogens with one attached hydrogen (secondary N) is 1. The number of likely N-dealkylation sites (tertiary alicyclic amines) is 1. The van der Waals surface area contributed by atoms with Crippen LogP contribution >= 0.6 is 0 Å². The lowest BCUT2D eigenvalue weighted by Crippen LogP contribution is -2.64. The fraction of sp³-hybridized carbons (Fsp3) is 0.720. The second-order valence-corrected chi connectivity index (χ2v) is 9.91. The Morgan fingerprint density at radius 3 is 2.66 bits per heavy atom. The monoisotopic (exact) mass is 443 g/mol. The summed E-state index contributed by atoms with van der Waals surface area (Å²) in [5.41, 5.74) is 6.86. The molecule has 3 unspecified atom stereocenters. The van der Waals surface area contributed by atoms with Crippen LogP contribution in [0.4, 0.5) is 4.79 Å². The molecule has 3 rings (SSSR count). The van der Waals surface area contributed by atoms with Crippen molar-refractivity contribution >= 4 is 17.2 Å². The van der Waals surface area contributed by atoms with E-state index in [4.69, 9.17) is 5.73 Å². The van der Waals surface area contributed by atoms with Crippen LogP contribution in [0.15, 0.2) is 23.1 Å². The number of pyridine rings is 1. The van der Waals surface area contributed by atoms with Gasteiger partial charge in [-0.25, -0.2) is 14.6 Å². The number of rotatable bonds is 10. The number of piperidine rings is 1. The predicted octanol–water partition coefficient (Wildman–Crippen LogP) is 5.22. The lowest BCUT2D eigenvalue weighted by atomic mass is 9.67. The maximum Gasteiger partial charge on any atom is 0.327 e. The number of nitrogens with zero attached hydrogens (tertiary/aromatic N) is 3. The molecule has 2 aromatic rings. The van der Waals surface area contributed by atoms with Crippen LogP contribution in [0.1, 0.15) is 91.5 Å². The molecule has 2 amide bonds. The maximum atomic E-state index is 12.9. The third-order valence-corrected chi connectivity index (χ3v) is 7.72. The maximum absolute atomic E-state index is 12.9. The molecule has 1 aliphatic rings. The van der Waals surface area contributed by atoms with Crippen LogP contribution in [-0.4, -0.2) is 37.5 Å². The van der Waals surface area contributed by atoms with Gasteiger partial charge in [0.1, 0.15) is 0 Å². The standard InChI is InChI=1S/C25H41N5O2/c1-5-6-7-8-9-10-12-19(4)25(18(2)3)17-20(14-16-29(25)23(26)31)30-21-13-11-15-27-22(21)28-24(30)32/h11,13,15,18-20H,5-10,12,14,16-17H2,1-4H3,(H2,26,31)(H,27,28,32). The van der Waals surface area contributed by atoms with Crippen LogP contribution in [0, 0.1) is 11.8 Å². The minimum Gasteiger partial charge on any atom is -0.351 e. The Morgan fingerprint density at radius 1 is 1.25 bits per heavy atom. The molecule has 0 radical (unpaired) electrons. The Labute approximate surface area is 191 Å². The third-order valence-electron chi connectivity index (χ3n) is 7.72. The summed E-state index contributed by atoms with van der Waals surface area (Å²) >= 11 is 0. The highest BCUT2D eigenvalue weighted by Crippen LogP contribution is 2.46. The van der Waals surface area contributed by atoms with Gasteiger partial charge >= 0.3 is 11.7 Å². The molecule has 32 heavy (non-hydrogen) atoms. The highest BCUT2D eigenvalue weighted by molar-refractivity contribution is 5.73. The first-order chi connectivity index (χ1) is 15.3. The molecule has 7 nitrogen and oxygen atoms in total. The summed E-state index contributed by atoms with van der Waals surface area (Å²) < 4.78 is 1.86. The van der Waals surface area contributed by atoms with Crippen molar-refractivity contribution in [2.75, 3.05) is 6.54 Å². The van der Waals surface area contributed by atoms with Gasteiger partial charge in [-0.1, -0.05) is 66.2 Å². The first kappa shape index (κ1) is 24.3. The van der Waals surface area contributed by atoms with E-state index >= 15 is 0 Å². The Kier molecular flexibility index (Phi) is 8.01. The van der Waals surface area contributed by atoms with Crippen molar-refractivity contribution in [3.05, 3.63) is 28.8 Å². The predicted molar refractivity (Wildman–Crippen MR) is 130 cm³/mol. The quantitative estimate of drug-likeness (QED) is 0.493. The van der Waals surface area contributed by atoms with Gasteiger partial charge in [0.15, 0.2) is 5.65 Å². The lowest BCUT2D eigenvalue weighted by molar-refractivity contribution is -0.0221. The van der Waals surface area contributed by atoms with Gasteiger partial charge in [0, 0.05) is 18.8 Å². The fourth-order valence-corrected chi connectivity index (χ4v) is 6.00. The third kappa shape index (κ3) is 4.71. The van der Waals surface area contributed by atoms with Crippen LogP contribution < -0.4 is 11.4 Å². The van der Waals surface area contributed by atoms with Gasteiger partial charge in [-0.15, -0.1) is 0 Å². The molecule has 0 saturated carbocycles. The molecule has 3 N–H and O–H groups in total. The Hall–Kier alpha value is -2.31. The summed E-state index contributed by atoms with van der Waals surface area (Å²) in [7, 11) is 0. The molecule has 1 aliphatic heterocycles. The molecule has 0 spiro atoms. The number of carbonyl (C=O) groups excluding carboxylic acids is 1. The van der Waals surface area contributed by atoms with Gasteiger partial charge < -0.3 is 10.6 Å². The fourth-order valence-electron chi connectivity index (χ4n) is 6.00. The highest BCUT2D eigenvalue weighted by atomic mass is 16.2. The van der Waals surface area contributed by atoms with Gasteiger partial charge in [0.05, 0.1) is 11.1 Å². The van der Waals surface area contributed by atoms with Crippen LogP contribution in [0.5, 0.6) is 0 Å². The van der Waals surface area contributed by atoms with Gasteiger partial charge in [0.2, 0.25) is 0 Å². The van der Waals surface area contributed by atoms with Crippen molar-refractivity contribution in [1.29, 1.82) is 0 Å². The molecule has 7 heteroatoms. The molecule has 178 valence electrons. The molecule has 0 bridgehead atoms. The molecular weight excluding hydrogens is 402 g/mol. The van der Waals surface area contributed by atoms with E-state index in [0.717, 1.165) is 24.8 Å². The average Bonchev–Trinajstić information content (AvgIpc) is 3.10. The van der Waals surface area contributed by atoms with Crippen LogP contribution in [-0.2, 0) is 0 Å². The number of fused-ring (bicyclic) bond motifs is 1. The van der Waals surface area contributed by atoms with Crippen molar-refractivity contribution in [3.8, 4) is 0 Å². The van der Waals surface area contributed by atoms with Gasteiger partial charge in [-0.3, -0.25) is 9.55 Å². The molecule has 0 aliphatic carbocycles. The summed E-state index contributed by atoms with van der Waals surface area (Å²) in [5, 5.41) is 0. The summed E-state index contributed by atoms with van der Waals surface area (Å²) in [5.74, 6) is 0.523. The van der Waals surface area contributed by atoms with E-state index in [2.05, 4.69) is 37.7 Å². The van der Waals surface area contributed by atoms with E-state index in [1.54, 1.807) is 6.20 Å². The second kappa shape index (κ2) is 10.5. The van der Waals surface area contributed by atoms with Crippen molar-refractivity contribution < 1.29 is 4.79 Å². The SMILES string of the molecule is CCCCCCCCC(C)C1(C(C)C)CC(n2c(=O)[nH]c3ncccc32)CCN1C(N)=O. The molecule has 3 heterocycles. The summed E-state index contributed by atoms with van der Waals surface area (Å²) in [6.45, 7) is 9.45. The zero-order valence-electron chi connectivity index (χ0n) is 20.3. The largest absolute Gasteiger partial charge is 0.351 e. The molecule has 1 fully saturated rings. The lowest BCUT2D eigenvalue weighted by Gasteiger charge is -2.55. The molecular formula is C25H41N5O2. The number of hydrogen-bond acceptors (Lipinski definition) is 3. The number of carbonyl (C=O) groups is 1. The number of urea groups is 1. The smallest absolute Gasteiger partial charge is 0.327 e. The van der Waals surface area contributed by atoms with E-state index in [1.165, 1.54) is 32.1 Å². The van der Waals surface area contributed by atoms with E-state index in [9.17, 15) is 9.59 Å². The minimum absolute atomic E-state index is 0.00505. The summed E-state index contributed by atoms with van der Waals surface area (Å²) in [4.78, 5) is 34.5. The van der Waals surface area contributed by atoms with Gasteiger partial charge in [-0.05, 0) is 43.2 Å². The van der Waals surface area contributed by atoms with Crippen molar-refractivity contribution in [3.63, 3.8) is 0 Å². The number of H-pyrrole nitrogens is 1. The molecule has 3 atom stereocenters. The topological polar surface area (TPSA) is 97.0 Å². The summed E-state index contributed by atoms with van der Waals surface area (Å²) in [6, 6.07) is 3.46. The van der Waals surface area contributed by atoms with Crippen molar-refractivity contribution in [2.24, 2.45) is 17.6 Å². The number of amides is 2. The zero-order chi connectivity index (χ0) is 23.3. The Bertz CT molecular complexity index is 949. The number of aromatic nitrogens is 3. The number of primary amides is 1. The molecule has 0 aromatic carbocycles. The number of hydrogen-bond donors (Lipinski definition) is 2. The number of imidazole rings is 1. The first-order valence-corrected chi connectivity index (χ1v) is 12.4. The summed E-state index contributed by atoms with van der Waals surface area (Å²) in [6.07, 6.45) is 11.7. The van der Waals surface area contributed by atoms with E-state index in [-0.39, 0.29) is 29.2 Å². The minimum atomic E-state index is -0.372. The van der Waals surface area contributed by atoms with Crippen molar-refractivity contribution in [2.45, 2.75) is 97.1 Å². The Morgan fingerprint density at radius 2 is 1.97 bits per heavy atom. The van der Waals surface area contributed by atoms with Crippen LogP contribution in [0.2, 0.25) is 0 Å². The Balaban J connectivity index is 1.87. The van der Waals surface area contributed by atoms with Crippen molar-refractivity contribution in [1.82, 2.24) is 19.4 Å². The van der Waals surface area contributed by atoms with E-state index < -0.39 is 0 Å². The van der Waals surface area contributed by atoms with Gasteiger partial charge in [0.25, 0.3) is 0 Å². The molecule has 2 aromatic heterocycles.